The van der Waals surface area contributed by atoms with Gasteiger partial charge >= 0.3 is 0 Å². The van der Waals surface area contributed by atoms with Gasteiger partial charge in [0.1, 0.15) is 12.4 Å². The van der Waals surface area contributed by atoms with E-state index in [4.69, 9.17) is 4.74 Å². The van der Waals surface area contributed by atoms with E-state index in [1.807, 2.05) is 54.1 Å². The maximum absolute atomic E-state index is 12.5. The summed E-state index contributed by atoms with van der Waals surface area (Å²) in [6.45, 7) is 10.4. The second-order valence-electron chi connectivity index (χ2n) is 8.57. The lowest BCUT2D eigenvalue weighted by Crippen LogP contribution is -2.25. The highest BCUT2D eigenvalue weighted by Crippen LogP contribution is 2.24. The number of nitrogens with one attached hydrogen (secondary N) is 1. The van der Waals surface area contributed by atoms with Gasteiger partial charge in [0.05, 0.1) is 0 Å². The summed E-state index contributed by atoms with van der Waals surface area (Å²) in [6, 6.07) is 17.8. The average molecular weight is 406 g/mol. The van der Waals surface area contributed by atoms with Gasteiger partial charge in [-0.2, -0.15) is 5.10 Å². The summed E-state index contributed by atoms with van der Waals surface area (Å²) in [5.41, 5.74) is 4.14. The molecule has 0 bridgehead atoms. The van der Waals surface area contributed by atoms with E-state index in [0.29, 0.717) is 18.7 Å². The molecular formula is C25H31N3O2. The summed E-state index contributed by atoms with van der Waals surface area (Å²) in [6.07, 6.45) is 2.63. The van der Waals surface area contributed by atoms with Crippen molar-refractivity contribution in [1.82, 2.24) is 15.1 Å². The van der Waals surface area contributed by atoms with Crippen LogP contribution in [-0.2, 0) is 18.6 Å². The molecule has 1 amide bonds. The van der Waals surface area contributed by atoms with Gasteiger partial charge in [-0.1, -0.05) is 45.0 Å². The first-order valence-electron chi connectivity index (χ1n) is 10.4. The Labute approximate surface area is 179 Å². The molecule has 0 unspecified atom stereocenters. The maximum Gasteiger partial charge on any atom is 0.251 e. The van der Waals surface area contributed by atoms with Gasteiger partial charge in [-0.3, -0.25) is 9.48 Å². The molecular weight excluding hydrogens is 374 g/mol. The number of carbonyl (C=O) groups excluding carboxylic acids is 1. The summed E-state index contributed by atoms with van der Waals surface area (Å²) < 4.78 is 7.85. The van der Waals surface area contributed by atoms with Crippen LogP contribution >= 0.6 is 0 Å². The number of hydrogen-bond donors (Lipinski definition) is 1. The number of aryl methyl sites for hydroxylation is 2. The molecule has 1 heterocycles. The largest absolute Gasteiger partial charge is 0.489 e. The predicted octanol–water partition coefficient (Wildman–Crippen LogP) is 4.89. The third-order valence-corrected chi connectivity index (χ3v) is 5.08. The van der Waals surface area contributed by atoms with Crippen molar-refractivity contribution in [2.45, 2.75) is 52.7 Å². The first-order valence-corrected chi connectivity index (χ1v) is 10.4. The molecule has 1 aromatic heterocycles. The second-order valence-corrected chi connectivity index (χ2v) is 8.57. The Morgan fingerprint density at radius 1 is 1.10 bits per heavy atom. The molecule has 2 aromatic carbocycles. The fraction of sp³-hybridized carbons (Fsp3) is 0.360. The number of nitrogens with zero attached hydrogens (tertiary/aromatic N) is 2. The molecule has 5 nitrogen and oxygen atoms in total. The Kier molecular flexibility index (Phi) is 6.93. The van der Waals surface area contributed by atoms with Crippen molar-refractivity contribution in [2.24, 2.45) is 0 Å². The predicted molar refractivity (Wildman–Crippen MR) is 120 cm³/mol. The topological polar surface area (TPSA) is 56.2 Å². The van der Waals surface area contributed by atoms with Crippen LogP contribution < -0.4 is 10.1 Å². The average Bonchev–Trinajstić information content (AvgIpc) is 3.14. The summed E-state index contributed by atoms with van der Waals surface area (Å²) in [5, 5.41) is 7.24. The molecule has 0 aliphatic carbocycles. The van der Waals surface area contributed by atoms with Crippen LogP contribution in [0.4, 0.5) is 0 Å². The van der Waals surface area contributed by atoms with E-state index in [-0.39, 0.29) is 11.3 Å². The highest BCUT2D eigenvalue weighted by molar-refractivity contribution is 5.94. The molecule has 3 aromatic rings. The Bertz CT molecular complexity index is 969. The van der Waals surface area contributed by atoms with Gasteiger partial charge in [0, 0.05) is 30.5 Å². The van der Waals surface area contributed by atoms with E-state index in [1.54, 1.807) is 6.20 Å². The molecule has 0 aliphatic heterocycles. The third kappa shape index (κ3) is 5.96. The molecule has 5 heteroatoms. The normalized spacial score (nSPS) is 11.3. The SMILES string of the molecule is Cc1ccnn1CCCNC(=O)c1cccc(COc2ccc(C(C)(C)C)cc2)c1. The van der Waals surface area contributed by atoms with Gasteiger partial charge in [0.15, 0.2) is 0 Å². The highest BCUT2D eigenvalue weighted by Gasteiger charge is 2.13. The quantitative estimate of drug-likeness (QED) is 0.543. The number of carbonyl (C=O) groups is 1. The number of benzene rings is 2. The number of rotatable bonds is 8. The zero-order valence-corrected chi connectivity index (χ0v) is 18.3. The molecule has 158 valence electrons. The summed E-state index contributed by atoms with van der Waals surface area (Å²) in [4.78, 5) is 12.5. The van der Waals surface area contributed by atoms with Crippen LogP contribution in [0.1, 0.15) is 54.4 Å². The van der Waals surface area contributed by atoms with Crippen molar-refractivity contribution in [3.63, 3.8) is 0 Å². The molecule has 0 aliphatic rings. The number of ether oxygens (including phenoxy) is 1. The second kappa shape index (κ2) is 9.61. The Morgan fingerprint density at radius 2 is 1.87 bits per heavy atom. The standard InChI is InChI=1S/C25H31N3O2/c1-19-13-15-27-28(19)16-6-14-26-24(29)21-8-5-7-20(17-21)18-30-23-11-9-22(10-12-23)25(2,3)4/h5,7-13,15,17H,6,14,16,18H2,1-4H3,(H,26,29). The lowest BCUT2D eigenvalue weighted by Gasteiger charge is -2.19. The molecule has 0 spiro atoms. The number of amides is 1. The third-order valence-electron chi connectivity index (χ3n) is 5.08. The molecule has 3 rings (SSSR count). The Balaban J connectivity index is 1.49. The Hall–Kier alpha value is -3.08. The number of hydrogen-bond acceptors (Lipinski definition) is 3. The van der Waals surface area contributed by atoms with Crippen molar-refractivity contribution in [1.29, 1.82) is 0 Å². The van der Waals surface area contributed by atoms with E-state index < -0.39 is 0 Å². The summed E-state index contributed by atoms with van der Waals surface area (Å²) >= 11 is 0. The van der Waals surface area contributed by atoms with Crippen molar-refractivity contribution in [3.8, 4) is 5.75 Å². The van der Waals surface area contributed by atoms with Crippen LogP contribution in [0, 0.1) is 6.92 Å². The van der Waals surface area contributed by atoms with E-state index in [2.05, 4.69) is 43.3 Å². The highest BCUT2D eigenvalue weighted by atomic mass is 16.5. The Morgan fingerprint density at radius 3 is 2.53 bits per heavy atom. The lowest BCUT2D eigenvalue weighted by atomic mass is 9.87. The minimum Gasteiger partial charge on any atom is -0.489 e. The van der Waals surface area contributed by atoms with Crippen LogP contribution in [0.15, 0.2) is 60.8 Å². The van der Waals surface area contributed by atoms with Gasteiger partial charge in [-0.05, 0) is 60.2 Å². The first kappa shape index (κ1) is 21.6. The monoisotopic (exact) mass is 405 g/mol. The lowest BCUT2D eigenvalue weighted by molar-refractivity contribution is 0.0952. The maximum atomic E-state index is 12.5. The smallest absolute Gasteiger partial charge is 0.251 e. The van der Waals surface area contributed by atoms with Gasteiger partial charge in [0.2, 0.25) is 0 Å². The van der Waals surface area contributed by atoms with Crippen LogP contribution in [0.2, 0.25) is 0 Å². The summed E-state index contributed by atoms with van der Waals surface area (Å²) in [5.74, 6) is 0.760. The fourth-order valence-corrected chi connectivity index (χ4v) is 3.19. The van der Waals surface area contributed by atoms with E-state index in [0.717, 1.165) is 30.0 Å². The summed E-state index contributed by atoms with van der Waals surface area (Å²) in [7, 11) is 0. The molecule has 0 saturated carbocycles. The van der Waals surface area contributed by atoms with Crippen LogP contribution in [0.25, 0.3) is 0 Å². The van der Waals surface area contributed by atoms with Gasteiger partial charge in [-0.25, -0.2) is 0 Å². The fourth-order valence-electron chi connectivity index (χ4n) is 3.19. The van der Waals surface area contributed by atoms with E-state index in [9.17, 15) is 4.79 Å². The molecule has 0 saturated heterocycles. The first-order chi connectivity index (χ1) is 14.3. The van der Waals surface area contributed by atoms with Crippen LogP contribution in [0.3, 0.4) is 0 Å². The molecule has 0 atom stereocenters. The van der Waals surface area contributed by atoms with E-state index in [1.165, 1.54) is 5.56 Å². The van der Waals surface area contributed by atoms with Crippen molar-refractivity contribution in [3.05, 3.63) is 83.2 Å². The van der Waals surface area contributed by atoms with Crippen molar-refractivity contribution >= 4 is 5.91 Å². The van der Waals surface area contributed by atoms with Crippen LogP contribution in [0.5, 0.6) is 5.75 Å². The minimum atomic E-state index is -0.0661. The molecule has 0 radical (unpaired) electrons. The van der Waals surface area contributed by atoms with E-state index >= 15 is 0 Å². The van der Waals surface area contributed by atoms with Crippen LogP contribution in [-0.4, -0.2) is 22.2 Å². The van der Waals surface area contributed by atoms with Gasteiger partial charge in [-0.15, -0.1) is 0 Å². The molecule has 1 N–H and O–H groups in total. The molecule has 30 heavy (non-hydrogen) atoms. The zero-order valence-electron chi connectivity index (χ0n) is 18.3. The minimum absolute atomic E-state index is 0.0661. The van der Waals surface area contributed by atoms with Gasteiger partial charge in [0.25, 0.3) is 5.91 Å². The molecule has 0 fully saturated rings. The van der Waals surface area contributed by atoms with Gasteiger partial charge < -0.3 is 10.1 Å². The number of aromatic nitrogens is 2. The van der Waals surface area contributed by atoms with Crippen molar-refractivity contribution < 1.29 is 9.53 Å². The van der Waals surface area contributed by atoms with Crippen molar-refractivity contribution in [2.75, 3.05) is 6.54 Å². The zero-order chi connectivity index (χ0) is 21.6.